The number of rotatable bonds is 4. The standard InChI is InChI=1S/C21H31BrN2O3/c1-15(2)24(20(26)27-21(3,4)5)14-16-8-7-11-23(13-16)19(25)17-9-6-10-18(22)12-17/h6,9-10,12,15-16H,7-8,11,13-14H2,1-5H3/t16-/m0/s1. The lowest BCUT2D eigenvalue weighted by molar-refractivity contribution is 0.0124. The van der Waals surface area contributed by atoms with E-state index in [1.807, 2.05) is 63.8 Å². The maximum Gasteiger partial charge on any atom is 0.410 e. The third-order valence-electron chi connectivity index (χ3n) is 4.58. The van der Waals surface area contributed by atoms with E-state index < -0.39 is 5.60 Å². The van der Waals surface area contributed by atoms with E-state index in [9.17, 15) is 9.59 Å². The number of nitrogens with zero attached hydrogens (tertiary/aromatic N) is 2. The van der Waals surface area contributed by atoms with Crippen molar-refractivity contribution in [2.45, 2.75) is 59.1 Å². The molecular weight excluding hydrogens is 408 g/mol. The van der Waals surface area contributed by atoms with Gasteiger partial charge in [-0.15, -0.1) is 0 Å². The summed E-state index contributed by atoms with van der Waals surface area (Å²) < 4.78 is 6.46. The molecule has 150 valence electrons. The zero-order valence-corrected chi connectivity index (χ0v) is 18.6. The Bertz CT molecular complexity index is 670. The molecule has 1 fully saturated rings. The first-order chi connectivity index (χ1) is 12.6. The third-order valence-corrected chi connectivity index (χ3v) is 5.08. The largest absolute Gasteiger partial charge is 0.444 e. The predicted octanol–water partition coefficient (Wildman–Crippen LogP) is 4.95. The maximum atomic E-state index is 12.8. The Morgan fingerprint density at radius 2 is 2.04 bits per heavy atom. The van der Waals surface area contributed by atoms with Crippen LogP contribution in [-0.2, 0) is 4.74 Å². The second-order valence-corrected chi connectivity index (χ2v) is 9.41. The number of halogens is 1. The van der Waals surface area contributed by atoms with Gasteiger partial charge in [0.1, 0.15) is 5.60 Å². The van der Waals surface area contributed by atoms with Crippen LogP contribution in [-0.4, -0.2) is 53.1 Å². The fraction of sp³-hybridized carbons (Fsp3) is 0.619. The number of benzene rings is 1. The summed E-state index contributed by atoms with van der Waals surface area (Å²) in [6.45, 7) is 11.7. The van der Waals surface area contributed by atoms with Crippen molar-refractivity contribution in [1.29, 1.82) is 0 Å². The summed E-state index contributed by atoms with van der Waals surface area (Å²) >= 11 is 3.43. The molecule has 2 amide bonds. The minimum Gasteiger partial charge on any atom is -0.444 e. The van der Waals surface area contributed by atoms with E-state index in [-0.39, 0.29) is 24.0 Å². The van der Waals surface area contributed by atoms with Crippen LogP contribution in [0.2, 0.25) is 0 Å². The number of carbonyl (C=O) groups excluding carboxylic acids is 2. The van der Waals surface area contributed by atoms with Gasteiger partial charge in [0.05, 0.1) is 0 Å². The number of ether oxygens (including phenoxy) is 1. The smallest absolute Gasteiger partial charge is 0.410 e. The lowest BCUT2D eigenvalue weighted by atomic mass is 9.96. The number of piperidine rings is 1. The zero-order valence-electron chi connectivity index (χ0n) is 17.0. The Balaban J connectivity index is 2.03. The van der Waals surface area contributed by atoms with Crippen LogP contribution in [0.15, 0.2) is 28.7 Å². The topological polar surface area (TPSA) is 49.9 Å². The van der Waals surface area contributed by atoms with Crippen LogP contribution in [0.5, 0.6) is 0 Å². The van der Waals surface area contributed by atoms with E-state index >= 15 is 0 Å². The highest BCUT2D eigenvalue weighted by molar-refractivity contribution is 9.10. The van der Waals surface area contributed by atoms with Crippen LogP contribution in [0.25, 0.3) is 0 Å². The van der Waals surface area contributed by atoms with Crippen LogP contribution in [0.1, 0.15) is 57.8 Å². The molecule has 6 heteroatoms. The number of likely N-dealkylation sites (tertiary alicyclic amines) is 1. The van der Waals surface area contributed by atoms with E-state index in [1.54, 1.807) is 4.90 Å². The molecule has 27 heavy (non-hydrogen) atoms. The summed E-state index contributed by atoms with van der Waals surface area (Å²) in [5, 5.41) is 0. The van der Waals surface area contributed by atoms with Crippen molar-refractivity contribution >= 4 is 27.9 Å². The Labute approximate surface area is 171 Å². The summed E-state index contributed by atoms with van der Waals surface area (Å²) in [6.07, 6.45) is 1.67. The second kappa shape index (κ2) is 9.09. The predicted molar refractivity (Wildman–Crippen MR) is 111 cm³/mol. The van der Waals surface area contributed by atoms with Crippen molar-refractivity contribution in [3.8, 4) is 0 Å². The van der Waals surface area contributed by atoms with Crippen LogP contribution < -0.4 is 0 Å². The minimum absolute atomic E-state index is 0.0503. The molecular formula is C21H31BrN2O3. The molecule has 0 saturated carbocycles. The van der Waals surface area contributed by atoms with Crippen molar-refractivity contribution in [3.05, 3.63) is 34.3 Å². The molecule has 0 N–H and O–H groups in total. The number of hydrogen-bond acceptors (Lipinski definition) is 3. The molecule has 0 spiro atoms. The molecule has 0 unspecified atom stereocenters. The maximum absolute atomic E-state index is 12.8. The highest BCUT2D eigenvalue weighted by Crippen LogP contribution is 2.23. The van der Waals surface area contributed by atoms with Gasteiger partial charge in [0.25, 0.3) is 5.91 Å². The normalized spacial score (nSPS) is 17.7. The average Bonchev–Trinajstić information content (AvgIpc) is 2.57. The molecule has 1 atom stereocenters. The van der Waals surface area contributed by atoms with E-state index in [1.165, 1.54) is 0 Å². The lowest BCUT2D eigenvalue weighted by Crippen LogP contribution is -2.48. The molecule has 1 aromatic rings. The van der Waals surface area contributed by atoms with Gasteiger partial charge in [-0.3, -0.25) is 4.79 Å². The Kier molecular flexibility index (Phi) is 7.32. The van der Waals surface area contributed by atoms with Crippen molar-refractivity contribution in [1.82, 2.24) is 9.80 Å². The van der Waals surface area contributed by atoms with E-state index in [4.69, 9.17) is 4.74 Å². The Morgan fingerprint density at radius 3 is 2.63 bits per heavy atom. The van der Waals surface area contributed by atoms with E-state index in [0.29, 0.717) is 18.7 Å². The van der Waals surface area contributed by atoms with Gasteiger partial charge in [0, 0.05) is 35.7 Å². The monoisotopic (exact) mass is 438 g/mol. The molecule has 5 nitrogen and oxygen atoms in total. The fourth-order valence-corrected chi connectivity index (χ4v) is 3.70. The summed E-state index contributed by atoms with van der Waals surface area (Å²) in [6, 6.07) is 7.54. The molecule has 0 aliphatic carbocycles. The summed E-state index contributed by atoms with van der Waals surface area (Å²) in [5.74, 6) is 0.305. The van der Waals surface area contributed by atoms with Gasteiger partial charge in [-0.2, -0.15) is 0 Å². The average molecular weight is 439 g/mol. The zero-order chi connectivity index (χ0) is 20.2. The van der Waals surface area contributed by atoms with Gasteiger partial charge in [-0.05, 0) is 71.6 Å². The quantitative estimate of drug-likeness (QED) is 0.667. The van der Waals surface area contributed by atoms with Crippen molar-refractivity contribution in [3.63, 3.8) is 0 Å². The first kappa shape index (κ1) is 21.7. The molecule has 2 rings (SSSR count). The molecule has 0 radical (unpaired) electrons. The first-order valence-electron chi connectivity index (χ1n) is 9.61. The van der Waals surface area contributed by atoms with E-state index in [2.05, 4.69) is 15.9 Å². The summed E-state index contributed by atoms with van der Waals surface area (Å²) in [5.41, 5.74) is 0.178. The summed E-state index contributed by atoms with van der Waals surface area (Å²) in [4.78, 5) is 29.1. The summed E-state index contributed by atoms with van der Waals surface area (Å²) in [7, 11) is 0. The van der Waals surface area contributed by atoms with Crippen molar-refractivity contribution in [2.75, 3.05) is 19.6 Å². The number of amides is 2. The van der Waals surface area contributed by atoms with Gasteiger partial charge >= 0.3 is 6.09 Å². The number of carbonyl (C=O) groups is 2. The molecule has 1 aliphatic heterocycles. The van der Waals surface area contributed by atoms with Gasteiger partial charge in [0.2, 0.25) is 0 Å². The van der Waals surface area contributed by atoms with Crippen LogP contribution in [0.3, 0.4) is 0 Å². The Hall–Kier alpha value is -1.56. The van der Waals surface area contributed by atoms with Gasteiger partial charge < -0.3 is 14.5 Å². The van der Waals surface area contributed by atoms with Crippen LogP contribution in [0.4, 0.5) is 4.79 Å². The first-order valence-corrected chi connectivity index (χ1v) is 10.4. The lowest BCUT2D eigenvalue weighted by Gasteiger charge is -2.37. The number of hydrogen-bond donors (Lipinski definition) is 0. The SMILES string of the molecule is CC(C)N(C[C@H]1CCCN(C(=O)c2cccc(Br)c2)C1)C(=O)OC(C)(C)C. The molecule has 1 aromatic carbocycles. The van der Waals surface area contributed by atoms with Crippen LogP contribution >= 0.6 is 15.9 Å². The second-order valence-electron chi connectivity index (χ2n) is 8.50. The van der Waals surface area contributed by atoms with Crippen LogP contribution in [0, 0.1) is 5.92 Å². The molecule has 1 heterocycles. The Morgan fingerprint density at radius 1 is 1.33 bits per heavy atom. The third kappa shape index (κ3) is 6.52. The molecule has 0 aromatic heterocycles. The van der Waals surface area contributed by atoms with Gasteiger partial charge in [0.15, 0.2) is 0 Å². The fourth-order valence-electron chi connectivity index (χ4n) is 3.30. The molecule has 0 bridgehead atoms. The van der Waals surface area contributed by atoms with Crippen molar-refractivity contribution in [2.24, 2.45) is 5.92 Å². The highest BCUT2D eigenvalue weighted by Gasteiger charge is 2.30. The molecule has 1 aliphatic rings. The van der Waals surface area contributed by atoms with Crippen molar-refractivity contribution < 1.29 is 14.3 Å². The van der Waals surface area contributed by atoms with Gasteiger partial charge in [-0.25, -0.2) is 4.79 Å². The minimum atomic E-state index is -0.514. The van der Waals surface area contributed by atoms with Gasteiger partial charge in [-0.1, -0.05) is 22.0 Å². The van der Waals surface area contributed by atoms with E-state index in [0.717, 1.165) is 23.9 Å². The molecule has 1 saturated heterocycles. The highest BCUT2D eigenvalue weighted by atomic mass is 79.9.